The lowest BCUT2D eigenvalue weighted by molar-refractivity contribution is 0.338. The summed E-state index contributed by atoms with van der Waals surface area (Å²) in [5.41, 5.74) is 0. The Bertz CT molecular complexity index is 559. The van der Waals surface area contributed by atoms with Gasteiger partial charge in [-0.2, -0.15) is 0 Å². The molecule has 0 amide bonds. The normalized spacial score (nSPS) is 13.9. The number of hydrogen-bond donors (Lipinski definition) is 1. The quantitative estimate of drug-likeness (QED) is 0.133. The SMILES string of the molecule is CC=C(O)C(CC)(CC)SCCCC/C=C\C/C=C\C/C=C\C/C=C\C/C=C\CC. The molecule has 0 aromatic rings. The zero-order chi connectivity index (χ0) is 22.3. The molecule has 0 heterocycles. The Labute approximate surface area is 191 Å². The molecule has 0 spiro atoms. The number of hydrogen-bond acceptors (Lipinski definition) is 2. The van der Waals surface area contributed by atoms with Crippen LogP contribution in [-0.4, -0.2) is 15.6 Å². The zero-order valence-electron chi connectivity index (χ0n) is 20.0. The minimum absolute atomic E-state index is 0.0773. The van der Waals surface area contributed by atoms with E-state index < -0.39 is 0 Å². The second-order valence-corrected chi connectivity index (χ2v) is 8.91. The summed E-state index contributed by atoms with van der Waals surface area (Å²) in [5, 5.41) is 10.2. The van der Waals surface area contributed by atoms with Gasteiger partial charge in [0, 0.05) is 0 Å². The van der Waals surface area contributed by atoms with E-state index in [4.69, 9.17) is 0 Å². The van der Waals surface area contributed by atoms with Gasteiger partial charge in [-0.25, -0.2) is 0 Å². The summed E-state index contributed by atoms with van der Waals surface area (Å²) in [6.45, 7) is 8.44. The highest BCUT2D eigenvalue weighted by Crippen LogP contribution is 2.38. The minimum Gasteiger partial charge on any atom is -0.511 e. The van der Waals surface area contributed by atoms with Crippen molar-refractivity contribution in [3.05, 3.63) is 72.6 Å². The monoisotopic (exact) mass is 430 g/mol. The molecular formula is C28H46OS. The Balaban J connectivity index is 3.76. The lowest BCUT2D eigenvalue weighted by atomic mass is 9.99. The van der Waals surface area contributed by atoms with Gasteiger partial charge < -0.3 is 5.11 Å². The minimum atomic E-state index is -0.0773. The van der Waals surface area contributed by atoms with E-state index >= 15 is 0 Å². The molecule has 0 aliphatic rings. The van der Waals surface area contributed by atoms with Gasteiger partial charge in [0.05, 0.1) is 4.75 Å². The fourth-order valence-corrected chi connectivity index (χ4v) is 4.57. The average molecular weight is 431 g/mol. The molecule has 1 nitrogen and oxygen atoms in total. The van der Waals surface area contributed by atoms with Crippen LogP contribution in [0.4, 0.5) is 0 Å². The van der Waals surface area contributed by atoms with Gasteiger partial charge in [0.15, 0.2) is 0 Å². The summed E-state index contributed by atoms with van der Waals surface area (Å²) in [4.78, 5) is 0. The molecular weight excluding hydrogens is 384 g/mol. The predicted octanol–water partition coefficient (Wildman–Crippen LogP) is 9.66. The van der Waals surface area contributed by atoms with Gasteiger partial charge in [-0.3, -0.25) is 0 Å². The number of aliphatic hydroxyl groups is 1. The highest BCUT2D eigenvalue weighted by molar-refractivity contribution is 8.00. The van der Waals surface area contributed by atoms with Crippen LogP contribution < -0.4 is 0 Å². The third-order valence-corrected chi connectivity index (χ3v) is 7.02. The van der Waals surface area contributed by atoms with Crippen LogP contribution in [0.2, 0.25) is 0 Å². The molecule has 1 N–H and O–H groups in total. The van der Waals surface area contributed by atoms with Gasteiger partial charge >= 0.3 is 0 Å². The van der Waals surface area contributed by atoms with Gasteiger partial charge in [0.1, 0.15) is 5.76 Å². The first-order valence-electron chi connectivity index (χ1n) is 11.9. The van der Waals surface area contributed by atoms with E-state index in [0.29, 0.717) is 5.76 Å². The van der Waals surface area contributed by atoms with Crippen LogP contribution in [0.5, 0.6) is 0 Å². The molecule has 0 atom stereocenters. The maximum atomic E-state index is 10.2. The van der Waals surface area contributed by atoms with Crippen LogP contribution in [0.3, 0.4) is 0 Å². The van der Waals surface area contributed by atoms with Crippen LogP contribution >= 0.6 is 11.8 Å². The van der Waals surface area contributed by atoms with E-state index in [1.165, 1.54) is 12.8 Å². The summed E-state index contributed by atoms with van der Waals surface area (Å²) in [7, 11) is 0. The first-order chi connectivity index (χ1) is 14.7. The number of unbranched alkanes of at least 4 members (excludes halogenated alkanes) is 2. The summed E-state index contributed by atoms with van der Waals surface area (Å²) in [6.07, 6.45) is 35.1. The Morgan fingerprint density at radius 3 is 1.60 bits per heavy atom. The summed E-state index contributed by atoms with van der Waals surface area (Å²) >= 11 is 1.92. The van der Waals surface area contributed by atoms with Crippen molar-refractivity contribution in [1.82, 2.24) is 0 Å². The standard InChI is InChI=1S/C28H46OS/c1-5-9-10-11-12-13-14-15-16-17-18-19-20-21-22-23-24-25-26-30-28(7-3,8-4)27(29)6-2/h6,9-10,12-13,15-16,18-19,21-22,29H,5,7-8,11,14,17,20,23-26H2,1-4H3/b10-9-,13-12-,16-15-,19-18-,22-21-,27-6?. The summed E-state index contributed by atoms with van der Waals surface area (Å²) in [6, 6.07) is 0. The fourth-order valence-electron chi connectivity index (χ4n) is 3.15. The van der Waals surface area contributed by atoms with Gasteiger partial charge in [0.25, 0.3) is 0 Å². The van der Waals surface area contributed by atoms with Crippen molar-refractivity contribution < 1.29 is 5.11 Å². The molecule has 0 aromatic carbocycles. The highest BCUT2D eigenvalue weighted by atomic mass is 32.2. The van der Waals surface area contributed by atoms with E-state index in [2.05, 4.69) is 81.5 Å². The molecule has 0 unspecified atom stereocenters. The number of aliphatic hydroxyl groups excluding tert-OH is 1. The Morgan fingerprint density at radius 2 is 1.17 bits per heavy atom. The average Bonchev–Trinajstić information content (AvgIpc) is 2.77. The van der Waals surface area contributed by atoms with Gasteiger partial charge in [-0.15, -0.1) is 11.8 Å². The molecule has 30 heavy (non-hydrogen) atoms. The third kappa shape index (κ3) is 14.6. The van der Waals surface area contributed by atoms with Crippen LogP contribution in [0, 0.1) is 0 Å². The van der Waals surface area contributed by atoms with E-state index in [9.17, 15) is 5.11 Å². The molecule has 0 rings (SSSR count). The first-order valence-corrected chi connectivity index (χ1v) is 12.9. The topological polar surface area (TPSA) is 20.2 Å². The van der Waals surface area contributed by atoms with Gasteiger partial charge in [0.2, 0.25) is 0 Å². The third-order valence-electron chi connectivity index (χ3n) is 5.18. The molecule has 170 valence electrons. The number of allylic oxidation sites excluding steroid dienone is 11. The smallest absolute Gasteiger partial charge is 0.104 e. The molecule has 0 aliphatic heterocycles. The highest BCUT2D eigenvalue weighted by Gasteiger charge is 2.30. The van der Waals surface area contributed by atoms with Crippen LogP contribution in [0.15, 0.2) is 72.6 Å². The van der Waals surface area contributed by atoms with Crippen molar-refractivity contribution >= 4 is 11.8 Å². The Morgan fingerprint density at radius 1 is 0.700 bits per heavy atom. The van der Waals surface area contributed by atoms with Crippen molar-refractivity contribution in [1.29, 1.82) is 0 Å². The van der Waals surface area contributed by atoms with Crippen LogP contribution in [0.1, 0.15) is 91.9 Å². The molecule has 0 aromatic heterocycles. The number of thioether (sulfide) groups is 1. The number of rotatable bonds is 18. The van der Waals surface area contributed by atoms with E-state index in [0.717, 1.165) is 57.1 Å². The Hall–Kier alpha value is -1.41. The van der Waals surface area contributed by atoms with Gasteiger partial charge in [-0.1, -0.05) is 81.5 Å². The predicted molar refractivity (Wildman–Crippen MR) is 140 cm³/mol. The van der Waals surface area contributed by atoms with Crippen LogP contribution in [0.25, 0.3) is 0 Å². The maximum absolute atomic E-state index is 10.2. The maximum Gasteiger partial charge on any atom is 0.104 e. The van der Waals surface area contributed by atoms with Crippen molar-refractivity contribution in [3.63, 3.8) is 0 Å². The van der Waals surface area contributed by atoms with Gasteiger partial charge in [-0.05, 0) is 83.0 Å². The van der Waals surface area contributed by atoms with Crippen molar-refractivity contribution in [2.45, 2.75) is 96.7 Å². The Kier molecular flexibility index (Phi) is 19.9. The molecule has 0 bridgehead atoms. The van der Waals surface area contributed by atoms with E-state index in [-0.39, 0.29) is 4.75 Å². The lowest BCUT2D eigenvalue weighted by Crippen LogP contribution is -2.26. The van der Waals surface area contributed by atoms with Crippen LogP contribution in [-0.2, 0) is 0 Å². The zero-order valence-corrected chi connectivity index (χ0v) is 20.8. The summed E-state index contributed by atoms with van der Waals surface area (Å²) < 4.78 is -0.0773. The lowest BCUT2D eigenvalue weighted by Gasteiger charge is -2.30. The second-order valence-electron chi connectivity index (χ2n) is 7.43. The first kappa shape index (κ1) is 28.6. The molecule has 2 heteroatoms. The summed E-state index contributed by atoms with van der Waals surface area (Å²) in [5.74, 6) is 1.67. The van der Waals surface area contributed by atoms with E-state index in [1.807, 2.05) is 24.8 Å². The molecule has 0 saturated carbocycles. The van der Waals surface area contributed by atoms with E-state index in [1.54, 1.807) is 0 Å². The molecule has 0 radical (unpaired) electrons. The van der Waals surface area contributed by atoms with Crippen molar-refractivity contribution in [2.75, 3.05) is 5.75 Å². The second kappa shape index (κ2) is 20.8. The molecule has 0 fully saturated rings. The molecule has 0 saturated heterocycles. The van der Waals surface area contributed by atoms with Crippen molar-refractivity contribution in [3.8, 4) is 0 Å². The fraction of sp³-hybridized carbons (Fsp3) is 0.571. The largest absolute Gasteiger partial charge is 0.511 e. The van der Waals surface area contributed by atoms with Crippen molar-refractivity contribution in [2.24, 2.45) is 0 Å². The molecule has 0 aliphatic carbocycles.